The highest BCUT2D eigenvalue weighted by molar-refractivity contribution is 6.31. The molecular weight excluding hydrogens is 466 g/mol. The molecule has 0 bridgehead atoms. The lowest BCUT2D eigenvalue weighted by Gasteiger charge is -2.25. The molecule has 2 aromatic heterocycles. The number of aryl methyl sites for hydroxylation is 2. The van der Waals surface area contributed by atoms with Crippen LogP contribution < -0.4 is 11.1 Å². The van der Waals surface area contributed by atoms with E-state index in [1.807, 2.05) is 0 Å². The van der Waals surface area contributed by atoms with Crippen molar-refractivity contribution in [2.45, 2.75) is 37.2 Å². The topological polar surface area (TPSA) is 111 Å². The normalized spacial score (nSPS) is 26.1. The fraction of sp³-hybridized carbons (Fsp3) is 0.435. The van der Waals surface area contributed by atoms with Gasteiger partial charge in [-0.2, -0.15) is 10.2 Å². The standard InChI is InChI=1S/C23H25ClF2N6O2/c1-31-20(17(26)10-28-31)23(34)8-12-5-11(6-13(12)9-23)19-18(21(27)32(2)30-19)22(33)29-14-3-4-16(25)15(24)7-14/h3-4,7,10-13,34H,5-6,8-9,27H2,1-2H3,(H,29,33). The Kier molecular flexibility index (Phi) is 5.40. The average molecular weight is 491 g/mol. The smallest absolute Gasteiger partial charge is 0.261 e. The van der Waals surface area contributed by atoms with Crippen LogP contribution in [-0.4, -0.2) is 30.6 Å². The van der Waals surface area contributed by atoms with Crippen molar-refractivity contribution in [1.82, 2.24) is 19.6 Å². The summed E-state index contributed by atoms with van der Waals surface area (Å²) in [5.74, 6) is -1.03. The van der Waals surface area contributed by atoms with E-state index in [9.17, 15) is 18.7 Å². The lowest BCUT2D eigenvalue weighted by atomic mass is 9.89. The van der Waals surface area contributed by atoms with Crippen LogP contribution in [0.25, 0.3) is 0 Å². The Morgan fingerprint density at radius 3 is 2.47 bits per heavy atom. The Morgan fingerprint density at radius 2 is 1.88 bits per heavy atom. The first kappa shape index (κ1) is 22.8. The van der Waals surface area contributed by atoms with Gasteiger partial charge in [0.2, 0.25) is 0 Å². The van der Waals surface area contributed by atoms with Crippen molar-refractivity contribution >= 4 is 29.0 Å². The van der Waals surface area contributed by atoms with Crippen molar-refractivity contribution in [3.05, 3.63) is 58.0 Å². The number of amides is 1. The number of fused-ring (bicyclic) bond motifs is 1. The van der Waals surface area contributed by atoms with E-state index in [0.717, 1.165) is 6.20 Å². The number of carbonyl (C=O) groups is 1. The number of aromatic nitrogens is 4. The second-order valence-electron chi connectivity index (χ2n) is 9.45. The van der Waals surface area contributed by atoms with E-state index in [0.29, 0.717) is 37.1 Å². The second kappa shape index (κ2) is 8.06. The maximum absolute atomic E-state index is 14.3. The molecule has 2 aliphatic carbocycles. The molecule has 1 amide bonds. The first-order valence-electron chi connectivity index (χ1n) is 11.1. The summed E-state index contributed by atoms with van der Waals surface area (Å²) in [4.78, 5) is 13.1. The summed E-state index contributed by atoms with van der Waals surface area (Å²) < 4.78 is 30.6. The van der Waals surface area contributed by atoms with Crippen LogP contribution in [0.2, 0.25) is 5.02 Å². The summed E-state index contributed by atoms with van der Waals surface area (Å²) in [6, 6.07) is 3.93. The number of carbonyl (C=O) groups excluding carboxylic acids is 1. The maximum Gasteiger partial charge on any atom is 0.261 e. The van der Waals surface area contributed by atoms with Gasteiger partial charge in [-0.25, -0.2) is 8.78 Å². The van der Waals surface area contributed by atoms with E-state index in [4.69, 9.17) is 17.3 Å². The predicted octanol–water partition coefficient (Wildman–Crippen LogP) is 3.71. The molecule has 4 N–H and O–H groups in total. The van der Waals surface area contributed by atoms with Crippen molar-refractivity contribution < 1.29 is 18.7 Å². The Hall–Kier alpha value is -2.98. The number of halogens is 3. The minimum absolute atomic E-state index is 0.0306. The molecule has 2 heterocycles. The Bertz CT molecular complexity index is 1260. The van der Waals surface area contributed by atoms with E-state index in [1.165, 1.54) is 27.6 Å². The molecule has 2 saturated carbocycles. The molecular formula is C23H25ClF2N6O2. The third kappa shape index (κ3) is 3.65. The number of rotatable bonds is 4. The van der Waals surface area contributed by atoms with Gasteiger partial charge in [0.05, 0.1) is 16.9 Å². The van der Waals surface area contributed by atoms with Crippen LogP contribution in [0.3, 0.4) is 0 Å². The quantitative estimate of drug-likeness (QED) is 0.516. The van der Waals surface area contributed by atoms with Crippen molar-refractivity contribution in [2.75, 3.05) is 11.1 Å². The van der Waals surface area contributed by atoms with Gasteiger partial charge in [-0.15, -0.1) is 0 Å². The van der Waals surface area contributed by atoms with Gasteiger partial charge in [-0.1, -0.05) is 11.6 Å². The van der Waals surface area contributed by atoms with Gasteiger partial charge >= 0.3 is 0 Å². The largest absolute Gasteiger partial charge is 0.383 e. The zero-order valence-electron chi connectivity index (χ0n) is 18.7. The van der Waals surface area contributed by atoms with Gasteiger partial charge in [-0.3, -0.25) is 14.2 Å². The third-order valence-electron chi connectivity index (χ3n) is 7.29. The molecule has 5 rings (SSSR count). The number of hydrogen-bond acceptors (Lipinski definition) is 5. The third-order valence-corrected chi connectivity index (χ3v) is 7.58. The highest BCUT2D eigenvalue weighted by atomic mass is 35.5. The number of hydrogen-bond donors (Lipinski definition) is 3. The summed E-state index contributed by atoms with van der Waals surface area (Å²) in [5.41, 5.74) is 6.37. The molecule has 2 fully saturated rings. The molecule has 34 heavy (non-hydrogen) atoms. The van der Waals surface area contributed by atoms with Gasteiger partial charge in [0.25, 0.3) is 5.91 Å². The van der Waals surface area contributed by atoms with E-state index in [1.54, 1.807) is 14.1 Å². The summed E-state index contributed by atoms with van der Waals surface area (Å²) in [6.45, 7) is 0. The predicted molar refractivity (Wildman–Crippen MR) is 122 cm³/mol. The first-order chi connectivity index (χ1) is 16.1. The Balaban J connectivity index is 1.37. The van der Waals surface area contributed by atoms with Crippen molar-refractivity contribution in [3.8, 4) is 0 Å². The molecule has 2 atom stereocenters. The molecule has 8 nitrogen and oxygen atoms in total. The number of nitrogens with two attached hydrogens (primary N) is 1. The van der Waals surface area contributed by atoms with Gasteiger partial charge in [0.15, 0.2) is 5.82 Å². The van der Waals surface area contributed by atoms with E-state index >= 15 is 0 Å². The average Bonchev–Trinajstić information content (AvgIpc) is 3.47. The molecule has 1 aromatic carbocycles. The number of anilines is 2. The van der Waals surface area contributed by atoms with Crippen LogP contribution in [0.1, 0.15) is 53.3 Å². The summed E-state index contributed by atoms with van der Waals surface area (Å²) >= 11 is 5.83. The van der Waals surface area contributed by atoms with Crippen LogP contribution in [0.4, 0.5) is 20.3 Å². The highest BCUT2D eigenvalue weighted by Crippen LogP contribution is 2.57. The number of nitrogens with zero attached hydrogens (tertiary/aromatic N) is 4. The van der Waals surface area contributed by atoms with Gasteiger partial charge in [-0.05, 0) is 55.7 Å². The van der Waals surface area contributed by atoms with Crippen molar-refractivity contribution in [2.24, 2.45) is 25.9 Å². The molecule has 0 saturated heterocycles. The van der Waals surface area contributed by atoms with Crippen LogP contribution in [0.5, 0.6) is 0 Å². The fourth-order valence-electron chi connectivity index (χ4n) is 5.86. The lowest BCUT2D eigenvalue weighted by molar-refractivity contribution is 0.0227. The van der Waals surface area contributed by atoms with Crippen LogP contribution in [0, 0.1) is 23.5 Å². The summed E-state index contributed by atoms with van der Waals surface area (Å²) in [6.07, 6.45) is 3.36. The number of aliphatic hydroxyl groups is 1. The highest BCUT2D eigenvalue weighted by Gasteiger charge is 2.52. The first-order valence-corrected chi connectivity index (χ1v) is 11.4. The monoisotopic (exact) mass is 490 g/mol. The van der Waals surface area contributed by atoms with Crippen LogP contribution in [0.15, 0.2) is 24.4 Å². The zero-order valence-corrected chi connectivity index (χ0v) is 19.5. The SMILES string of the molecule is Cn1nc(C2CC3CC(O)(c4c(F)cnn4C)CC3C2)c(C(=O)Nc2ccc(F)c(Cl)c2)c1N. The molecule has 180 valence electrons. The zero-order chi connectivity index (χ0) is 24.4. The van der Waals surface area contributed by atoms with Gasteiger partial charge in [0, 0.05) is 25.7 Å². The minimum atomic E-state index is -1.26. The lowest BCUT2D eigenvalue weighted by Crippen LogP contribution is -2.27. The number of nitrogens with one attached hydrogen (secondary N) is 1. The minimum Gasteiger partial charge on any atom is -0.383 e. The van der Waals surface area contributed by atoms with Crippen molar-refractivity contribution in [1.29, 1.82) is 0 Å². The Labute approximate surface area is 199 Å². The molecule has 0 spiro atoms. The maximum atomic E-state index is 14.3. The molecule has 3 aromatic rings. The van der Waals surface area contributed by atoms with E-state index in [2.05, 4.69) is 15.5 Å². The van der Waals surface area contributed by atoms with E-state index in [-0.39, 0.29) is 39.9 Å². The fourth-order valence-corrected chi connectivity index (χ4v) is 6.04. The number of nitrogen functional groups attached to an aromatic ring is 1. The number of benzene rings is 1. The van der Waals surface area contributed by atoms with Crippen LogP contribution in [-0.2, 0) is 19.7 Å². The summed E-state index contributed by atoms with van der Waals surface area (Å²) in [5, 5.41) is 22.3. The van der Waals surface area contributed by atoms with Gasteiger partial charge in [0.1, 0.15) is 28.5 Å². The van der Waals surface area contributed by atoms with E-state index < -0.39 is 23.1 Å². The molecule has 2 aliphatic rings. The molecule has 11 heteroatoms. The Morgan fingerprint density at radius 1 is 1.21 bits per heavy atom. The molecule has 0 aliphatic heterocycles. The van der Waals surface area contributed by atoms with Crippen LogP contribution >= 0.6 is 11.6 Å². The molecule has 0 radical (unpaired) electrons. The molecule has 2 unspecified atom stereocenters. The second-order valence-corrected chi connectivity index (χ2v) is 9.85. The van der Waals surface area contributed by atoms with Gasteiger partial charge < -0.3 is 16.2 Å². The summed E-state index contributed by atoms with van der Waals surface area (Å²) in [7, 11) is 3.30. The van der Waals surface area contributed by atoms with Crippen molar-refractivity contribution in [3.63, 3.8) is 0 Å².